The van der Waals surface area contributed by atoms with E-state index in [9.17, 15) is 13.2 Å². The minimum absolute atomic E-state index is 0.214. The number of nitrogens with zero attached hydrogens (tertiary/aromatic N) is 1. The van der Waals surface area contributed by atoms with Crippen LogP contribution in [-0.2, 0) is 14.8 Å². The van der Waals surface area contributed by atoms with Gasteiger partial charge in [-0.15, -0.1) is 0 Å². The van der Waals surface area contributed by atoms with Crippen LogP contribution in [0.1, 0.15) is 24.5 Å². The van der Waals surface area contributed by atoms with Crippen LogP contribution < -0.4 is 19.1 Å². The number of hydrogen-bond acceptors (Lipinski definition) is 5. The molecule has 0 aromatic heterocycles. The zero-order valence-corrected chi connectivity index (χ0v) is 20.0. The van der Waals surface area contributed by atoms with Crippen molar-refractivity contribution >= 4 is 33.2 Å². The number of nitrogens with one attached hydrogen (secondary N) is 1. The fraction of sp³-hybridized carbons (Fsp3) is 0.409. The van der Waals surface area contributed by atoms with E-state index in [1.807, 2.05) is 32.0 Å². The lowest BCUT2D eigenvalue weighted by atomic mass is 10.1. The molecule has 31 heavy (non-hydrogen) atoms. The summed E-state index contributed by atoms with van der Waals surface area (Å²) in [5, 5.41) is 3.10. The molecule has 0 aliphatic carbocycles. The Kier molecular flexibility index (Phi) is 8.59. The molecule has 1 unspecified atom stereocenters. The van der Waals surface area contributed by atoms with Crippen LogP contribution in [0.15, 0.2) is 36.4 Å². The molecule has 0 bridgehead atoms. The fourth-order valence-electron chi connectivity index (χ4n) is 3.35. The molecule has 9 heteroatoms. The van der Waals surface area contributed by atoms with Gasteiger partial charge in [0.1, 0.15) is 24.1 Å². The first-order valence-electron chi connectivity index (χ1n) is 9.88. The van der Waals surface area contributed by atoms with Gasteiger partial charge in [0.15, 0.2) is 0 Å². The monoisotopic (exact) mass is 468 g/mol. The summed E-state index contributed by atoms with van der Waals surface area (Å²) in [6, 6.07) is 9.54. The third-order valence-corrected chi connectivity index (χ3v) is 5.97. The van der Waals surface area contributed by atoms with Gasteiger partial charge in [-0.2, -0.15) is 0 Å². The summed E-state index contributed by atoms with van der Waals surface area (Å²) in [4.78, 5) is 12.9. The lowest BCUT2D eigenvalue weighted by Gasteiger charge is -2.31. The van der Waals surface area contributed by atoms with Crippen molar-refractivity contribution in [3.63, 3.8) is 0 Å². The molecule has 0 spiro atoms. The number of sulfonamides is 1. The highest BCUT2D eigenvalue weighted by Crippen LogP contribution is 2.34. The number of halogens is 1. The van der Waals surface area contributed by atoms with E-state index >= 15 is 0 Å². The van der Waals surface area contributed by atoms with Crippen LogP contribution in [-0.4, -0.2) is 46.9 Å². The second-order valence-electron chi connectivity index (χ2n) is 7.26. The number of benzene rings is 2. The Hall–Kier alpha value is -2.45. The van der Waals surface area contributed by atoms with Gasteiger partial charge in [-0.1, -0.05) is 24.6 Å². The maximum Gasteiger partial charge on any atom is 0.244 e. The Bertz CT molecular complexity index is 1010. The van der Waals surface area contributed by atoms with Gasteiger partial charge in [-0.05, 0) is 61.7 Å². The zero-order chi connectivity index (χ0) is 23.2. The number of ether oxygens (including phenoxy) is 2. The topological polar surface area (TPSA) is 84.9 Å². The summed E-state index contributed by atoms with van der Waals surface area (Å²) >= 11 is 6.08. The predicted molar refractivity (Wildman–Crippen MR) is 124 cm³/mol. The predicted octanol–water partition coefficient (Wildman–Crippen LogP) is 3.71. The number of amides is 1. The van der Waals surface area contributed by atoms with Crippen molar-refractivity contribution < 1.29 is 22.7 Å². The summed E-state index contributed by atoms with van der Waals surface area (Å²) in [5.41, 5.74) is 2.39. The highest BCUT2D eigenvalue weighted by molar-refractivity contribution is 7.92. The van der Waals surface area contributed by atoms with E-state index in [0.29, 0.717) is 10.8 Å². The van der Waals surface area contributed by atoms with Crippen molar-refractivity contribution in [2.45, 2.75) is 33.2 Å². The first-order chi connectivity index (χ1) is 14.6. The van der Waals surface area contributed by atoms with Crippen LogP contribution in [0.2, 0.25) is 5.02 Å². The standard InChI is InChI=1S/C22H29ClN2O5S/c1-6-19(22(26)24-9-10-30-18-12-15(2)11-16(3)13-18)25(31(5,27)28)20-14-17(23)7-8-21(20)29-4/h7-8,11-14,19H,6,9-10H2,1-5H3,(H,24,26). The fourth-order valence-corrected chi connectivity index (χ4v) is 4.72. The highest BCUT2D eigenvalue weighted by Gasteiger charge is 2.33. The number of anilines is 1. The molecule has 0 aliphatic heterocycles. The number of carbonyl (C=O) groups excluding carboxylic acids is 1. The normalized spacial score (nSPS) is 12.2. The molecule has 2 aromatic rings. The lowest BCUT2D eigenvalue weighted by Crippen LogP contribution is -2.50. The summed E-state index contributed by atoms with van der Waals surface area (Å²) in [7, 11) is -2.38. The summed E-state index contributed by atoms with van der Waals surface area (Å²) in [5.74, 6) is 0.596. The van der Waals surface area contributed by atoms with Crippen LogP contribution >= 0.6 is 11.6 Å². The molecule has 0 heterocycles. The smallest absolute Gasteiger partial charge is 0.244 e. The van der Waals surface area contributed by atoms with Crippen molar-refractivity contribution in [1.82, 2.24) is 5.32 Å². The first kappa shape index (κ1) is 24.8. The Morgan fingerprint density at radius 1 is 1.16 bits per heavy atom. The minimum atomic E-state index is -3.80. The zero-order valence-electron chi connectivity index (χ0n) is 18.4. The van der Waals surface area contributed by atoms with Gasteiger partial charge in [0.25, 0.3) is 0 Å². The molecule has 2 aromatic carbocycles. The quantitative estimate of drug-likeness (QED) is 0.537. The van der Waals surface area contributed by atoms with Crippen LogP contribution in [0.3, 0.4) is 0 Å². The Morgan fingerprint density at radius 2 is 1.81 bits per heavy atom. The molecule has 0 saturated heterocycles. The van der Waals surface area contributed by atoms with Gasteiger partial charge in [0, 0.05) is 5.02 Å². The average molecular weight is 469 g/mol. The van der Waals surface area contributed by atoms with Crippen LogP contribution in [0.4, 0.5) is 5.69 Å². The first-order valence-corrected chi connectivity index (χ1v) is 12.1. The lowest BCUT2D eigenvalue weighted by molar-refractivity contribution is -0.122. The Labute approximate surface area is 189 Å². The van der Waals surface area contributed by atoms with Crippen molar-refractivity contribution in [3.05, 3.63) is 52.5 Å². The van der Waals surface area contributed by atoms with Gasteiger partial charge in [-0.25, -0.2) is 8.42 Å². The van der Waals surface area contributed by atoms with Crippen molar-refractivity contribution in [1.29, 1.82) is 0 Å². The third-order valence-electron chi connectivity index (χ3n) is 4.57. The van der Waals surface area contributed by atoms with Crippen molar-refractivity contribution in [3.8, 4) is 11.5 Å². The summed E-state index contributed by atoms with van der Waals surface area (Å²) in [6.45, 7) is 6.19. The second-order valence-corrected chi connectivity index (χ2v) is 9.56. The molecular formula is C22H29ClN2O5S. The van der Waals surface area contributed by atoms with Crippen LogP contribution in [0.25, 0.3) is 0 Å². The molecule has 170 valence electrons. The molecule has 1 atom stereocenters. The maximum atomic E-state index is 12.9. The Balaban J connectivity index is 2.15. The SMILES string of the molecule is CCC(C(=O)NCCOc1cc(C)cc(C)c1)N(c1cc(Cl)ccc1OC)S(C)(=O)=O. The van der Waals surface area contributed by atoms with E-state index in [0.717, 1.165) is 27.4 Å². The molecule has 0 saturated carbocycles. The number of methoxy groups -OCH3 is 1. The number of rotatable bonds is 10. The average Bonchev–Trinajstić information content (AvgIpc) is 2.67. The molecule has 0 aliphatic rings. The second kappa shape index (κ2) is 10.7. The van der Waals surface area contributed by atoms with Gasteiger partial charge in [0.2, 0.25) is 15.9 Å². The van der Waals surface area contributed by atoms with E-state index in [2.05, 4.69) is 5.32 Å². The van der Waals surface area contributed by atoms with Gasteiger partial charge >= 0.3 is 0 Å². The maximum absolute atomic E-state index is 12.9. The van der Waals surface area contributed by atoms with Gasteiger partial charge in [-0.3, -0.25) is 9.10 Å². The molecule has 7 nitrogen and oxygen atoms in total. The minimum Gasteiger partial charge on any atom is -0.495 e. The summed E-state index contributed by atoms with van der Waals surface area (Å²) < 4.78 is 37.3. The Morgan fingerprint density at radius 3 is 2.35 bits per heavy atom. The van der Waals surface area contributed by atoms with Crippen molar-refractivity contribution in [2.24, 2.45) is 0 Å². The third kappa shape index (κ3) is 6.77. The van der Waals surface area contributed by atoms with Crippen molar-refractivity contribution in [2.75, 3.05) is 30.8 Å². The number of hydrogen-bond donors (Lipinski definition) is 1. The highest BCUT2D eigenvalue weighted by atomic mass is 35.5. The van der Waals surface area contributed by atoms with E-state index in [4.69, 9.17) is 21.1 Å². The number of carbonyl (C=O) groups is 1. The largest absolute Gasteiger partial charge is 0.495 e. The number of aryl methyl sites for hydroxylation is 2. The van der Waals surface area contributed by atoms with Gasteiger partial charge in [0.05, 0.1) is 25.6 Å². The molecule has 0 radical (unpaired) electrons. The molecular weight excluding hydrogens is 440 g/mol. The van der Waals surface area contributed by atoms with E-state index in [1.54, 1.807) is 19.1 Å². The van der Waals surface area contributed by atoms with Crippen LogP contribution in [0.5, 0.6) is 11.5 Å². The van der Waals surface area contributed by atoms with E-state index in [1.165, 1.54) is 13.2 Å². The van der Waals surface area contributed by atoms with Gasteiger partial charge < -0.3 is 14.8 Å². The summed E-state index contributed by atoms with van der Waals surface area (Å²) in [6.07, 6.45) is 1.30. The molecule has 1 amide bonds. The van der Waals surface area contributed by atoms with E-state index in [-0.39, 0.29) is 25.3 Å². The molecule has 1 N–H and O–H groups in total. The molecule has 2 rings (SSSR count). The van der Waals surface area contributed by atoms with Crippen LogP contribution in [0, 0.1) is 13.8 Å². The molecule has 0 fully saturated rings. The van der Waals surface area contributed by atoms with E-state index < -0.39 is 22.0 Å².